The van der Waals surface area contributed by atoms with E-state index in [9.17, 15) is 18.0 Å². The number of anilines is 1. The maximum absolute atomic E-state index is 13.7. The van der Waals surface area contributed by atoms with Crippen LogP contribution in [-0.2, 0) is 26.2 Å². The van der Waals surface area contributed by atoms with Gasteiger partial charge in [-0.1, -0.05) is 69.3 Å². The van der Waals surface area contributed by atoms with Crippen molar-refractivity contribution in [1.82, 2.24) is 10.2 Å². The Kier molecular flexibility index (Phi) is 9.67. The molecule has 2 aromatic carbocycles. The van der Waals surface area contributed by atoms with Crippen molar-refractivity contribution in [3.8, 4) is 0 Å². The highest BCUT2D eigenvalue weighted by Crippen LogP contribution is 2.27. The fourth-order valence-electron chi connectivity index (χ4n) is 3.90. The van der Waals surface area contributed by atoms with E-state index in [-0.39, 0.29) is 24.9 Å². The molecule has 0 aliphatic heterocycles. The maximum atomic E-state index is 13.7. The molecule has 0 aliphatic carbocycles. The van der Waals surface area contributed by atoms with Gasteiger partial charge in [-0.05, 0) is 42.9 Å². The smallest absolute Gasteiger partial charge is 0.244 e. The van der Waals surface area contributed by atoms with Gasteiger partial charge in [0.1, 0.15) is 12.6 Å². The molecule has 0 heterocycles. The van der Waals surface area contributed by atoms with Crippen molar-refractivity contribution in [2.75, 3.05) is 23.7 Å². The van der Waals surface area contributed by atoms with E-state index in [2.05, 4.69) is 5.32 Å². The molecule has 0 bridgehead atoms. The maximum Gasteiger partial charge on any atom is 0.244 e. The van der Waals surface area contributed by atoms with Crippen LogP contribution in [0.1, 0.15) is 43.9 Å². The summed E-state index contributed by atoms with van der Waals surface area (Å²) < 4.78 is 26.7. The second-order valence-electron chi connectivity index (χ2n) is 9.08. The molecular weight excluding hydrogens is 450 g/mol. The van der Waals surface area contributed by atoms with Crippen molar-refractivity contribution in [3.05, 3.63) is 65.2 Å². The average molecular weight is 488 g/mol. The number of rotatable bonds is 11. The zero-order valence-corrected chi connectivity index (χ0v) is 21.9. The summed E-state index contributed by atoms with van der Waals surface area (Å²) in [5.41, 5.74) is 2.88. The van der Waals surface area contributed by atoms with Crippen molar-refractivity contribution in [2.24, 2.45) is 5.92 Å². The third kappa shape index (κ3) is 7.32. The highest BCUT2D eigenvalue weighted by molar-refractivity contribution is 7.92. The fourth-order valence-corrected chi connectivity index (χ4v) is 4.86. The van der Waals surface area contributed by atoms with E-state index in [1.807, 2.05) is 83.1 Å². The Balaban J connectivity index is 2.45. The van der Waals surface area contributed by atoms with Crippen LogP contribution in [0, 0.1) is 19.8 Å². The molecule has 8 heteroatoms. The highest BCUT2D eigenvalue weighted by Gasteiger charge is 2.32. The third-order valence-corrected chi connectivity index (χ3v) is 6.75. The summed E-state index contributed by atoms with van der Waals surface area (Å²) in [4.78, 5) is 28.2. The van der Waals surface area contributed by atoms with Crippen molar-refractivity contribution < 1.29 is 18.0 Å². The van der Waals surface area contributed by atoms with Gasteiger partial charge in [0.05, 0.1) is 11.9 Å². The number of amides is 2. The molecule has 34 heavy (non-hydrogen) atoms. The number of para-hydroxylation sites is 1. The van der Waals surface area contributed by atoms with Crippen LogP contribution >= 0.6 is 0 Å². The van der Waals surface area contributed by atoms with Gasteiger partial charge in [-0.2, -0.15) is 0 Å². The molecule has 2 rings (SSSR count). The topological polar surface area (TPSA) is 86.8 Å². The Morgan fingerprint density at radius 1 is 0.971 bits per heavy atom. The first-order valence-corrected chi connectivity index (χ1v) is 13.5. The number of nitrogens with one attached hydrogen (secondary N) is 1. The number of hydrogen-bond acceptors (Lipinski definition) is 4. The summed E-state index contributed by atoms with van der Waals surface area (Å²) in [5, 5.41) is 2.92. The first-order valence-electron chi connectivity index (χ1n) is 11.6. The third-order valence-electron chi connectivity index (χ3n) is 5.63. The molecular formula is C26H37N3O4S. The molecule has 0 saturated carbocycles. The molecule has 186 valence electrons. The quantitative estimate of drug-likeness (QED) is 0.524. The molecule has 2 aromatic rings. The largest absolute Gasteiger partial charge is 0.354 e. The molecule has 7 nitrogen and oxygen atoms in total. The van der Waals surface area contributed by atoms with Crippen LogP contribution in [0.4, 0.5) is 5.69 Å². The minimum atomic E-state index is -3.75. The summed E-state index contributed by atoms with van der Waals surface area (Å²) in [6, 6.07) is 14.2. The van der Waals surface area contributed by atoms with E-state index < -0.39 is 22.0 Å². The Bertz CT molecular complexity index is 1060. The standard InChI is InChI=1S/C26H37N3O4S/c1-7-23(26(31)27-16-19(2)3)28(17-22-14-9-8-10-15-22)24(30)18-29(34(6,32)33)25-20(4)12-11-13-21(25)5/h8-15,19,23H,7,16-18H2,1-6H3,(H,27,31). The lowest BCUT2D eigenvalue weighted by Crippen LogP contribution is -2.52. The SMILES string of the molecule is CCC(C(=O)NCC(C)C)N(Cc1ccccc1)C(=O)CN(c1c(C)cccc1C)S(C)(=O)=O. The molecule has 2 amide bonds. The van der Waals surface area contributed by atoms with Crippen molar-refractivity contribution in [3.63, 3.8) is 0 Å². The normalized spacial score (nSPS) is 12.3. The van der Waals surface area contributed by atoms with Crippen LogP contribution < -0.4 is 9.62 Å². The van der Waals surface area contributed by atoms with Gasteiger partial charge in [0.25, 0.3) is 0 Å². The second-order valence-corrected chi connectivity index (χ2v) is 11.0. The van der Waals surface area contributed by atoms with E-state index >= 15 is 0 Å². The summed E-state index contributed by atoms with van der Waals surface area (Å²) in [7, 11) is -3.75. The molecule has 0 radical (unpaired) electrons. The number of carbonyl (C=O) groups excluding carboxylic acids is 2. The molecule has 0 spiro atoms. The van der Waals surface area contributed by atoms with Gasteiger partial charge < -0.3 is 10.2 Å². The van der Waals surface area contributed by atoms with Crippen molar-refractivity contribution in [2.45, 2.75) is 53.6 Å². The Morgan fingerprint density at radius 2 is 1.56 bits per heavy atom. The monoisotopic (exact) mass is 487 g/mol. The number of hydrogen-bond donors (Lipinski definition) is 1. The van der Waals surface area contributed by atoms with Crippen LogP contribution in [0.5, 0.6) is 0 Å². The minimum absolute atomic E-state index is 0.206. The van der Waals surface area contributed by atoms with Crippen molar-refractivity contribution in [1.29, 1.82) is 0 Å². The van der Waals surface area contributed by atoms with Gasteiger partial charge in [0, 0.05) is 13.1 Å². The molecule has 1 atom stereocenters. The molecule has 0 fully saturated rings. The zero-order valence-electron chi connectivity index (χ0n) is 21.0. The number of aryl methyl sites for hydroxylation is 2. The van der Waals surface area contributed by atoms with E-state index in [0.29, 0.717) is 18.7 Å². The van der Waals surface area contributed by atoms with Gasteiger partial charge in [0.15, 0.2) is 0 Å². The highest BCUT2D eigenvalue weighted by atomic mass is 32.2. The Hall–Kier alpha value is -2.87. The molecule has 1 N–H and O–H groups in total. The Morgan fingerprint density at radius 3 is 2.06 bits per heavy atom. The molecule has 0 saturated heterocycles. The van der Waals surface area contributed by atoms with Crippen LogP contribution in [0.15, 0.2) is 48.5 Å². The van der Waals surface area contributed by atoms with Crippen LogP contribution in [-0.4, -0.2) is 50.5 Å². The minimum Gasteiger partial charge on any atom is -0.354 e. The van der Waals surface area contributed by atoms with Gasteiger partial charge in [-0.25, -0.2) is 8.42 Å². The van der Waals surface area contributed by atoms with Crippen LogP contribution in [0.2, 0.25) is 0 Å². The second kappa shape index (κ2) is 12.0. The lowest BCUT2D eigenvalue weighted by Gasteiger charge is -2.33. The fraction of sp³-hybridized carbons (Fsp3) is 0.462. The van der Waals surface area contributed by atoms with Crippen LogP contribution in [0.25, 0.3) is 0 Å². The van der Waals surface area contributed by atoms with Crippen LogP contribution in [0.3, 0.4) is 0 Å². The van der Waals surface area contributed by atoms with Gasteiger partial charge in [-0.15, -0.1) is 0 Å². The molecule has 0 aliphatic rings. The average Bonchev–Trinajstić information content (AvgIpc) is 2.76. The van der Waals surface area contributed by atoms with E-state index in [0.717, 1.165) is 27.3 Å². The summed E-state index contributed by atoms with van der Waals surface area (Å²) in [6.07, 6.45) is 1.51. The number of sulfonamides is 1. The van der Waals surface area contributed by atoms with Gasteiger partial charge >= 0.3 is 0 Å². The van der Waals surface area contributed by atoms with E-state index in [4.69, 9.17) is 0 Å². The summed E-state index contributed by atoms with van der Waals surface area (Å²) in [5.74, 6) is -0.397. The first-order chi connectivity index (χ1) is 16.0. The summed E-state index contributed by atoms with van der Waals surface area (Å²) in [6.45, 7) is 9.82. The number of carbonyl (C=O) groups is 2. The van der Waals surface area contributed by atoms with Gasteiger partial charge in [-0.3, -0.25) is 13.9 Å². The zero-order chi connectivity index (χ0) is 25.5. The predicted molar refractivity (Wildman–Crippen MR) is 137 cm³/mol. The van der Waals surface area contributed by atoms with Gasteiger partial charge in [0.2, 0.25) is 21.8 Å². The predicted octanol–water partition coefficient (Wildman–Crippen LogP) is 3.65. The van der Waals surface area contributed by atoms with Crippen molar-refractivity contribution >= 4 is 27.5 Å². The lowest BCUT2D eigenvalue weighted by molar-refractivity contribution is -0.140. The first kappa shape index (κ1) is 27.4. The lowest BCUT2D eigenvalue weighted by atomic mass is 10.1. The van der Waals surface area contributed by atoms with E-state index in [1.54, 1.807) is 0 Å². The molecule has 0 aromatic heterocycles. The summed E-state index contributed by atoms with van der Waals surface area (Å²) >= 11 is 0. The number of benzene rings is 2. The molecule has 1 unspecified atom stereocenters. The van der Waals surface area contributed by atoms with E-state index in [1.165, 1.54) is 4.90 Å². The number of nitrogens with zero attached hydrogens (tertiary/aromatic N) is 2. The Labute approximate surface area is 204 Å².